The molecule has 3 rings (SSSR count). The molecule has 0 spiro atoms. The molecule has 7 nitrogen and oxygen atoms in total. The van der Waals surface area contributed by atoms with Gasteiger partial charge in [-0.25, -0.2) is 9.78 Å². The van der Waals surface area contributed by atoms with Crippen LogP contribution in [0.5, 0.6) is 0 Å². The molecule has 24 heavy (non-hydrogen) atoms. The van der Waals surface area contributed by atoms with Crippen LogP contribution in [0.25, 0.3) is 0 Å². The van der Waals surface area contributed by atoms with Gasteiger partial charge in [0.25, 0.3) is 5.56 Å². The molecule has 1 unspecified atom stereocenters. The Balaban J connectivity index is 1.64. The van der Waals surface area contributed by atoms with Crippen molar-refractivity contribution in [2.75, 3.05) is 18.4 Å². The number of nitrogens with one attached hydrogen (secondary N) is 1. The number of urea groups is 1. The molecular weight excluding hydrogens is 306 g/mol. The molecule has 3 heterocycles. The highest BCUT2D eigenvalue weighted by Crippen LogP contribution is 2.20. The van der Waals surface area contributed by atoms with Gasteiger partial charge in [0.15, 0.2) is 0 Å². The van der Waals surface area contributed by atoms with Crippen molar-refractivity contribution in [3.63, 3.8) is 0 Å². The maximum Gasteiger partial charge on any atom is 0.322 e. The molecule has 2 amide bonds. The maximum absolute atomic E-state index is 12.5. The summed E-state index contributed by atoms with van der Waals surface area (Å²) in [4.78, 5) is 30.7. The minimum absolute atomic E-state index is 0.201. The molecule has 0 radical (unpaired) electrons. The summed E-state index contributed by atoms with van der Waals surface area (Å²) in [6.45, 7) is 1.40. The van der Waals surface area contributed by atoms with Crippen LogP contribution in [-0.2, 0) is 20.5 Å². The normalized spacial score (nSPS) is 17.8. The van der Waals surface area contributed by atoms with E-state index in [-0.39, 0.29) is 11.6 Å². The van der Waals surface area contributed by atoms with Crippen molar-refractivity contribution in [3.8, 4) is 0 Å². The third kappa shape index (κ3) is 3.50. The van der Waals surface area contributed by atoms with Crippen molar-refractivity contribution in [3.05, 3.63) is 46.9 Å². The van der Waals surface area contributed by atoms with Gasteiger partial charge in [-0.15, -0.1) is 0 Å². The Kier molecular flexibility index (Phi) is 4.69. The SMILES string of the molecule is Cn1ccnc1CC1CCCN(C(=O)Nc2cccn(C)c2=O)C1. The molecule has 1 fully saturated rings. The van der Waals surface area contributed by atoms with Crippen LogP contribution in [0.3, 0.4) is 0 Å². The number of hydrogen-bond donors (Lipinski definition) is 1. The second-order valence-electron chi connectivity index (χ2n) is 6.38. The van der Waals surface area contributed by atoms with Crippen LogP contribution in [0.15, 0.2) is 35.5 Å². The van der Waals surface area contributed by atoms with Crippen LogP contribution in [-0.4, -0.2) is 38.1 Å². The molecule has 0 bridgehead atoms. The number of pyridine rings is 1. The van der Waals surface area contributed by atoms with Crippen molar-refractivity contribution in [2.45, 2.75) is 19.3 Å². The predicted molar refractivity (Wildman–Crippen MR) is 91.9 cm³/mol. The summed E-state index contributed by atoms with van der Waals surface area (Å²) in [5.74, 6) is 1.43. The summed E-state index contributed by atoms with van der Waals surface area (Å²) < 4.78 is 3.47. The fraction of sp³-hybridized carbons (Fsp3) is 0.471. The summed E-state index contributed by atoms with van der Waals surface area (Å²) in [6.07, 6.45) is 8.32. The Morgan fingerprint density at radius 2 is 2.17 bits per heavy atom. The van der Waals surface area contributed by atoms with Crippen molar-refractivity contribution >= 4 is 11.7 Å². The van der Waals surface area contributed by atoms with Gasteiger partial charge in [0, 0.05) is 52.2 Å². The summed E-state index contributed by atoms with van der Waals surface area (Å²) in [6, 6.07) is 3.18. The van der Waals surface area contributed by atoms with Gasteiger partial charge < -0.3 is 19.4 Å². The smallest absolute Gasteiger partial charge is 0.322 e. The average molecular weight is 329 g/mol. The van der Waals surface area contributed by atoms with E-state index in [0.29, 0.717) is 18.2 Å². The van der Waals surface area contributed by atoms with Crippen molar-refractivity contribution in [2.24, 2.45) is 20.0 Å². The van der Waals surface area contributed by atoms with Gasteiger partial charge in [-0.05, 0) is 30.9 Å². The zero-order valence-electron chi connectivity index (χ0n) is 14.1. The topological polar surface area (TPSA) is 72.2 Å². The number of imidazole rings is 1. The number of carbonyl (C=O) groups is 1. The highest BCUT2D eigenvalue weighted by atomic mass is 16.2. The first kappa shape index (κ1) is 16.3. The van der Waals surface area contributed by atoms with Crippen molar-refractivity contribution in [1.29, 1.82) is 0 Å². The van der Waals surface area contributed by atoms with E-state index in [0.717, 1.165) is 31.6 Å². The maximum atomic E-state index is 12.5. The van der Waals surface area contributed by atoms with E-state index in [1.165, 1.54) is 4.57 Å². The minimum Gasteiger partial charge on any atom is -0.338 e. The Labute approximate surface area is 140 Å². The molecule has 2 aromatic rings. The third-order valence-electron chi connectivity index (χ3n) is 4.56. The largest absolute Gasteiger partial charge is 0.338 e. The lowest BCUT2D eigenvalue weighted by molar-refractivity contribution is 0.176. The molecule has 1 atom stereocenters. The fourth-order valence-corrected chi connectivity index (χ4v) is 3.15. The number of carbonyl (C=O) groups excluding carboxylic acids is 1. The Hall–Kier alpha value is -2.57. The third-order valence-corrected chi connectivity index (χ3v) is 4.56. The molecule has 1 N–H and O–H groups in total. The van der Waals surface area contributed by atoms with Crippen molar-refractivity contribution < 1.29 is 4.79 Å². The molecule has 0 saturated carbocycles. The van der Waals surface area contributed by atoms with Crippen LogP contribution in [0, 0.1) is 5.92 Å². The summed E-state index contributed by atoms with van der Waals surface area (Å²) in [5.41, 5.74) is 0.114. The van der Waals surface area contributed by atoms with Crippen LogP contribution in [0.2, 0.25) is 0 Å². The van der Waals surface area contributed by atoms with E-state index in [9.17, 15) is 9.59 Å². The molecule has 1 saturated heterocycles. The van der Waals surface area contributed by atoms with Crippen LogP contribution in [0.1, 0.15) is 18.7 Å². The van der Waals surface area contributed by atoms with Gasteiger partial charge >= 0.3 is 6.03 Å². The molecule has 1 aliphatic rings. The van der Waals surface area contributed by atoms with Gasteiger partial charge in [-0.1, -0.05) is 0 Å². The van der Waals surface area contributed by atoms with Gasteiger partial charge in [-0.3, -0.25) is 4.79 Å². The number of likely N-dealkylation sites (tertiary alicyclic amines) is 1. The number of piperidine rings is 1. The quantitative estimate of drug-likeness (QED) is 0.930. The highest BCUT2D eigenvalue weighted by molar-refractivity contribution is 5.89. The standard InChI is InChI=1S/C17H23N5O2/c1-20-10-7-18-15(20)11-13-5-3-9-22(12-13)17(24)19-14-6-4-8-21(2)16(14)23/h4,6-8,10,13H,3,5,9,11-12H2,1-2H3,(H,19,24). The fourth-order valence-electron chi connectivity index (χ4n) is 3.15. The number of aryl methyl sites for hydroxylation is 2. The van der Waals surface area contributed by atoms with Crippen LogP contribution >= 0.6 is 0 Å². The molecule has 7 heteroatoms. The Morgan fingerprint density at radius 1 is 1.33 bits per heavy atom. The van der Waals surface area contributed by atoms with Gasteiger partial charge in [0.2, 0.25) is 0 Å². The molecular formula is C17H23N5O2. The number of rotatable bonds is 3. The number of amides is 2. The second-order valence-corrected chi connectivity index (χ2v) is 6.38. The van der Waals surface area contributed by atoms with E-state index in [1.54, 1.807) is 36.5 Å². The van der Waals surface area contributed by atoms with E-state index in [1.807, 2.05) is 17.8 Å². The summed E-state index contributed by atoms with van der Waals surface area (Å²) in [5, 5.41) is 2.74. The van der Waals surface area contributed by atoms with E-state index < -0.39 is 0 Å². The zero-order chi connectivity index (χ0) is 17.1. The molecule has 0 aromatic carbocycles. The average Bonchev–Trinajstić information content (AvgIpc) is 2.97. The lowest BCUT2D eigenvalue weighted by Crippen LogP contribution is -2.43. The van der Waals surface area contributed by atoms with Gasteiger partial charge in [-0.2, -0.15) is 0 Å². The van der Waals surface area contributed by atoms with E-state index >= 15 is 0 Å². The predicted octanol–water partition coefficient (Wildman–Crippen LogP) is 1.61. The summed E-state index contributed by atoms with van der Waals surface area (Å²) in [7, 11) is 3.66. The number of hydrogen-bond acceptors (Lipinski definition) is 3. The molecule has 1 aliphatic heterocycles. The first-order chi connectivity index (χ1) is 11.5. The van der Waals surface area contributed by atoms with Crippen LogP contribution < -0.4 is 10.9 Å². The number of aromatic nitrogens is 3. The van der Waals surface area contributed by atoms with E-state index in [2.05, 4.69) is 10.3 Å². The first-order valence-corrected chi connectivity index (χ1v) is 8.22. The van der Waals surface area contributed by atoms with Crippen LogP contribution in [0.4, 0.5) is 10.5 Å². The minimum atomic E-state index is -0.206. The van der Waals surface area contributed by atoms with Gasteiger partial charge in [0.1, 0.15) is 11.5 Å². The second kappa shape index (κ2) is 6.90. The van der Waals surface area contributed by atoms with Gasteiger partial charge in [0.05, 0.1) is 0 Å². The monoisotopic (exact) mass is 329 g/mol. The van der Waals surface area contributed by atoms with E-state index in [4.69, 9.17) is 0 Å². The Morgan fingerprint density at radius 3 is 2.92 bits per heavy atom. The first-order valence-electron chi connectivity index (χ1n) is 8.22. The highest BCUT2D eigenvalue weighted by Gasteiger charge is 2.25. The Bertz CT molecular complexity index is 779. The lowest BCUT2D eigenvalue weighted by Gasteiger charge is -2.32. The number of anilines is 1. The molecule has 0 aliphatic carbocycles. The molecule has 2 aromatic heterocycles. The zero-order valence-corrected chi connectivity index (χ0v) is 14.1. The lowest BCUT2D eigenvalue weighted by atomic mass is 9.94. The summed E-state index contributed by atoms with van der Waals surface area (Å²) >= 11 is 0. The molecule has 128 valence electrons. The van der Waals surface area contributed by atoms with Crippen molar-refractivity contribution in [1.82, 2.24) is 19.0 Å². The number of nitrogens with zero attached hydrogens (tertiary/aromatic N) is 4.